The van der Waals surface area contributed by atoms with Crippen molar-refractivity contribution < 1.29 is 5.11 Å². The molecule has 1 aliphatic rings. The molecule has 1 atom stereocenters. The molecule has 0 radical (unpaired) electrons. The molecule has 0 aliphatic heterocycles. The monoisotopic (exact) mass is 218 g/mol. The number of hydrogen-bond donors (Lipinski definition) is 1. The summed E-state index contributed by atoms with van der Waals surface area (Å²) >= 11 is 0. The topological polar surface area (TPSA) is 20.2 Å². The van der Waals surface area contributed by atoms with Crippen LogP contribution in [0, 0.1) is 19.8 Å². The fourth-order valence-electron chi connectivity index (χ4n) is 2.40. The summed E-state index contributed by atoms with van der Waals surface area (Å²) < 4.78 is 0. The zero-order valence-corrected chi connectivity index (χ0v) is 10.4. The molecular weight excluding hydrogens is 196 g/mol. The molecule has 1 fully saturated rings. The first-order valence-corrected chi connectivity index (χ1v) is 6.39. The van der Waals surface area contributed by atoms with Gasteiger partial charge in [0.15, 0.2) is 0 Å². The minimum atomic E-state index is -0.151. The first kappa shape index (κ1) is 11.7. The van der Waals surface area contributed by atoms with Crippen molar-refractivity contribution in [3.63, 3.8) is 0 Å². The van der Waals surface area contributed by atoms with Crippen molar-refractivity contribution in [2.75, 3.05) is 0 Å². The molecule has 0 aromatic heterocycles. The second-order valence-corrected chi connectivity index (χ2v) is 5.37. The first-order chi connectivity index (χ1) is 7.63. The van der Waals surface area contributed by atoms with Crippen molar-refractivity contribution in [2.45, 2.75) is 52.1 Å². The largest absolute Gasteiger partial charge is 0.393 e. The average Bonchev–Trinajstić information content (AvgIpc) is 2.96. The Bertz CT molecular complexity index is 332. The summed E-state index contributed by atoms with van der Waals surface area (Å²) in [6.45, 7) is 4.24. The second-order valence-electron chi connectivity index (χ2n) is 5.37. The molecule has 1 saturated carbocycles. The average molecular weight is 218 g/mol. The van der Waals surface area contributed by atoms with Crippen LogP contribution in [0.5, 0.6) is 0 Å². The quantitative estimate of drug-likeness (QED) is 0.803. The molecule has 0 amide bonds. The summed E-state index contributed by atoms with van der Waals surface area (Å²) in [5.41, 5.74) is 3.87. The van der Waals surface area contributed by atoms with Crippen LogP contribution < -0.4 is 0 Å². The van der Waals surface area contributed by atoms with Gasteiger partial charge in [-0.25, -0.2) is 0 Å². The van der Waals surface area contributed by atoms with E-state index in [2.05, 4.69) is 32.0 Å². The van der Waals surface area contributed by atoms with Gasteiger partial charge >= 0.3 is 0 Å². The van der Waals surface area contributed by atoms with Gasteiger partial charge in [-0.05, 0) is 44.6 Å². The highest BCUT2D eigenvalue weighted by Gasteiger charge is 2.21. The van der Waals surface area contributed by atoms with E-state index in [4.69, 9.17) is 0 Å². The van der Waals surface area contributed by atoms with Crippen LogP contribution in [0.3, 0.4) is 0 Å². The lowest BCUT2D eigenvalue weighted by atomic mass is 9.99. The smallest absolute Gasteiger partial charge is 0.0580 e. The number of aliphatic hydroxyl groups is 1. The Morgan fingerprint density at radius 3 is 2.38 bits per heavy atom. The van der Waals surface area contributed by atoms with E-state index in [-0.39, 0.29) is 6.10 Å². The lowest BCUT2D eigenvalue weighted by Gasteiger charge is -2.11. The van der Waals surface area contributed by atoms with Gasteiger partial charge < -0.3 is 5.11 Å². The minimum Gasteiger partial charge on any atom is -0.393 e. The Morgan fingerprint density at radius 2 is 1.81 bits per heavy atom. The van der Waals surface area contributed by atoms with Gasteiger partial charge in [0.25, 0.3) is 0 Å². The van der Waals surface area contributed by atoms with Gasteiger partial charge in [0, 0.05) is 0 Å². The van der Waals surface area contributed by atoms with Gasteiger partial charge in [0.1, 0.15) is 0 Å². The minimum absolute atomic E-state index is 0.151. The summed E-state index contributed by atoms with van der Waals surface area (Å²) in [4.78, 5) is 0. The number of aliphatic hydroxyl groups excluding tert-OH is 1. The molecule has 2 rings (SSSR count). The van der Waals surface area contributed by atoms with Gasteiger partial charge in [-0.1, -0.05) is 42.2 Å². The molecule has 1 unspecified atom stereocenters. The molecule has 1 aromatic rings. The van der Waals surface area contributed by atoms with Gasteiger partial charge in [-0.2, -0.15) is 0 Å². The van der Waals surface area contributed by atoms with Gasteiger partial charge in [0.2, 0.25) is 0 Å². The molecule has 1 aromatic carbocycles. The van der Waals surface area contributed by atoms with Crippen molar-refractivity contribution in [3.8, 4) is 0 Å². The van der Waals surface area contributed by atoms with Gasteiger partial charge in [-0.3, -0.25) is 0 Å². The maximum absolute atomic E-state index is 9.96. The van der Waals surface area contributed by atoms with Crippen LogP contribution in [0.15, 0.2) is 18.2 Å². The Hall–Kier alpha value is -0.820. The van der Waals surface area contributed by atoms with E-state index in [1.54, 1.807) is 0 Å². The van der Waals surface area contributed by atoms with Crippen molar-refractivity contribution in [1.29, 1.82) is 0 Å². The molecule has 0 spiro atoms. The van der Waals surface area contributed by atoms with E-state index >= 15 is 0 Å². The summed E-state index contributed by atoms with van der Waals surface area (Å²) in [6, 6.07) is 6.56. The van der Waals surface area contributed by atoms with Crippen molar-refractivity contribution in [1.82, 2.24) is 0 Å². The normalized spacial score (nSPS) is 17.4. The Morgan fingerprint density at radius 1 is 1.19 bits per heavy atom. The molecule has 1 nitrogen and oxygen atoms in total. The molecule has 1 heteroatoms. The van der Waals surface area contributed by atoms with Crippen LogP contribution in [0.25, 0.3) is 0 Å². The SMILES string of the molecule is Cc1cc(C)cc(CC(O)CCC2CC2)c1. The van der Waals surface area contributed by atoms with Crippen LogP contribution in [-0.2, 0) is 6.42 Å². The van der Waals surface area contributed by atoms with E-state index in [9.17, 15) is 5.11 Å². The highest BCUT2D eigenvalue weighted by molar-refractivity contribution is 5.28. The fourth-order valence-corrected chi connectivity index (χ4v) is 2.40. The van der Waals surface area contributed by atoms with Gasteiger partial charge in [-0.15, -0.1) is 0 Å². The summed E-state index contributed by atoms with van der Waals surface area (Å²) in [6.07, 6.45) is 5.62. The van der Waals surface area contributed by atoms with Crippen molar-refractivity contribution in [2.24, 2.45) is 5.92 Å². The molecule has 1 aliphatic carbocycles. The van der Waals surface area contributed by atoms with Crippen LogP contribution >= 0.6 is 0 Å². The third kappa shape index (κ3) is 3.64. The summed E-state index contributed by atoms with van der Waals surface area (Å²) in [7, 11) is 0. The number of aryl methyl sites for hydroxylation is 2. The summed E-state index contributed by atoms with van der Waals surface area (Å²) in [5.74, 6) is 0.925. The zero-order chi connectivity index (χ0) is 11.5. The lowest BCUT2D eigenvalue weighted by Crippen LogP contribution is -2.10. The predicted octanol–water partition coefficient (Wildman–Crippen LogP) is 3.40. The van der Waals surface area contributed by atoms with Crippen molar-refractivity contribution in [3.05, 3.63) is 34.9 Å². The second kappa shape index (κ2) is 5.01. The third-order valence-corrected chi connectivity index (χ3v) is 3.36. The molecule has 16 heavy (non-hydrogen) atoms. The Balaban J connectivity index is 1.86. The van der Waals surface area contributed by atoms with Crippen LogP contribution in [0.2, 0.25) is 0 Å². The number of hydrogen-bond acceptors (Lipinski definition) is 1. The van der Waals surface area contributed by atoms with Gasteiger partial charge in [0.05, 0.1) is 6.10 Å². The Labute approximate surface area is 98.5 Å². The standard InChI is InChI=1S/C15H22O/c1-11-7-12(2)9-14(8-11)10-15(16)6-5-13-3-4-13/h7-9,13,15-16H,3-6,10H2,1-2H3. The molecule has 0 saturated heterocycles. The number of rotatable bonds is 5. The molecule has 0 heterocycles. The van der Waals surface area contributed by atoms with E-state index < -0.39 is 0 Å². The maximum atomic E-state index is 9.96. The van der Waals surface area contributed by atoms with E-state index in [1.807, 2.05) is 0 Å². The highest BCUT2D eigenvalue weighted by Crippen LogP contribution is 2.34. The zero-order valence-electron chi connectivity index (χ0n) is 10.4. The molecular formula is C15H22O. The fraction of sp³-hybridized carbons (Fsp3) is 0.600. The lowest BCUT2D eigenvalue weighted by molar-refractivity contribution is 0.160. The molecule has 1 N–H and O–H groups in total. The Kier molecular flexibility index (Phi) is 3.65. The van der Waals surface area contributed by atoms with Crippen LogP contribution in [-0.4, -0.2) is 11.2 Å². The van der Waals surface area contributed by atoms with Crippen molar-refractivity contribution >= 4 is 0 Å². The summed E-state index contributed by atoms with van der Waals surface area (Å²) in [5, 5.41) is 9.96. The van der Waals surface area contributed by atoms with E-state index in [0.29, 0.717) is 0 Å². The maximum Gasteiger partial charge on any atom is 0.0580 e. The van der Waals surface area contributed by atoms with E-state index in [1.165, 1.54) is 36.0 Å². The van der Waals surface area contributed by atoms with E-state index in [0.717, 1.165) is 18.8 Å². The third-order valence-electron chi connectivity index (χ3n) is 3.36. The van der Waals surface area contributed by atoms with Crippen LogP contribution in [0.1, 0.15) is 42.4 Å². The molecule has 0 bridgehead atoms. The van der Waals surface area contributed by atoms with Crippen LogP contribution in [0.4, 0.5) is 0 Å². The first-order valence-electron chi connectivity index (χ1n) is 6.39. The predicted molar refractivity (Wildman–Crippen MR) is 67.6 cm³/mol. The highest BCUT2D eigenvalue weighted by atomic mass is 16.3. The number of benzene rings is 1. The molecule has 88 valence electrons.